The first kappa shape index (κ1) is 11.9. The maximum atomic E-state index is 12.1. The van der Waals surface area contributed by atoms with Crippen molar-refractivity contribution in [2.24, 2.45) is 0 Å². The Morgan fingerprint density at radius 3 is 2.74 bits per heavy atom. The zero-order valence-corrected chi connectivity index (χ0v) is 10.3. The molecule has 19 heavy (non-hydrogen) atoms. The second-order valence-electron chi connectivity index (χ2n) is 5.07. The van der Waals surface area contributed by atoms with Gasteiger partial charge >= 0.3 is 6.03 Å². The van der Waals surface area contributed by atoms with Crippen molar-refractivity contribution < 1.29 is 14.4 Å². The molecule has 5 heteroatoms. The number of benzene rings is 1. The van der Waals surface area contributed by atoms with Gasteiger partial charge in [-0.05, 0) is 24.8 Å². The second kappa shape index (κ2) is 4.19. The predicted octanol–water partition coefficient (Wildman–Crippen LogP) is 1.34. The Labute approximate surface area is 110 Å². The molecule has 1 heterocycles. The minimum absolute atomic E-state index is 0.139. The van der Waals surface area contributed by atoms with Crippen LogP contribution < -0.4 is 10.6 Å². The third kappa shape index (κ3) is 1.65. The number of amides is 3. The number of imide groups is 1. The average Bonchev–Trinajstić information content (AvgIpc) is 2.94. The minimum Gasteiger partial charge on any atom is -0.323 e. The summed E-state index contributed by atoms with van der Waals surface area (Å²) in [6.07, 6.45) is 3.06. The van der Waals surface area contributed by atoms with Crippen LogP contribution in [0.5, 0.6) is 0 Å². The quantitative estimate of drug-likeness (QED) is 0.621. The van der Waals surface area contributed by atoms with Gasteiger partial charge in [-0.25, -0.2) is 4.79 Å². The zero-order valence-electron chi connectivity index (χ0n) is 10.3. The van der Waals surface area contributed by atoms with Crippen LogP contribution in [0.4, 0.5) is 4.79 Å². The lowest BCUT2D eigenvalue weighted by Crippen LogP contribution is -2.48. The van der Waals surface area contributed by atoms with Crippen LogP contribution in [0, 0.1) is 0 Å². The number of carbonyl (C=O) groups excluding carboxylic acids is 3. The fourth-order valence-corrected chi connectivity index (χ4v) is 3.29. The van der Waals surface area contributed by atoms with E-state index in [1.54, 1.807) is 12.1 Å². The smallest absolute Gasteiger partial charge is 0.322 e. The molecule has 1 spiro atoms. The molecular weight excluding hydrogens is 244 g/mol. The van der Waals surface area contributed by atoms with Gasteiger partial charge in [0.15, 0.2) is 0 Å². The summed E-state index contributed by atoms with van der Waals surface area (Å²) < 4.78 is 0. The molecule has 1 aromatic rings. The van der Waals surface area contributed by atoms with Crippen molar-refractivity contribution in [1.82, 2.24) is 10.6 Å². The number of hydrogen-bond acceptors (Lipinski definition) is 3. The van der Waals surface area contributed by atoms with Gasteiger partial charge in [0.25, 0.3) is 5.91 Å². The molecule has 1 saturated carbocycles. The van der Waals surface area contributed by atoms with Crippen molar-refractivity contribution in [1.29, 1.82) is 0 Å². The summed E-state index contributed by atoms with van der Waals surface area (Å²) in [5, 5.41) is 5.07. The van der Waals surface area contributed by atoms with E-state index in [0.717, 1.165) is 24.7 Å². The molecule has 0 aromatic heterocycles. The Morgan fingerprint density at radius 2 is 2.05 bits per heavy atom. The summed E-state index contributed by atoms with van der Waals surface area (Å²) in [4.78, 5) is 34.7. The lowest BCUT2D eigenvalue weighted by Gasteiger charge is -2.29. The molecule has 1 aliphatic carbocycles. The highest BCUT2D eigenvalue weighted by molar-refractivity contribution is 6.08. The highest BCUT2D eigenvalue weighted by Gasteiger charge is 2.55. The van der Waals surface area contributed by atoms with E-state index in [1.807, 2.05) is 12.1 Å². The molecule has 1 aromatic carbocycles. The SMILES string of the molecule is O=Cc1ccccc1[C@@H]1CCCC12NC(=O)NC2=O. The van der Waals surface area contributed by atoms with Gasteiger partial charge in [0.05, 0.1) is 0 Å². The van der Waals surface area contributed by atoms with Crippen LogP contribution in [-0.4, -0.2) is 23.8 Å². The van der Waals surface area contributed by atoms with E-state index >= 15 is 0 Å². The van der Waals surface area contributed by atoms with Gasteiger partial charge in [0, 0.05) is 11.5 Å². The summed E-state index contributed by atoms with van der Waals surface area (Å²) >= 11 is 0. The maximum Gasteiger partial charge on any atom is 0.322 e. The summed E-state index contributed by atoms with van der Waals surface area (Å²) in [6, 6.07) is 6.80. The van der Waals surface area contributed by atoms with Gasteiger partial charge < -0.3 is 5.32 Å². The van der Waals surface area contributed by atoms with Gasteiger partial charge in [0.1, 0.15) is 11.8 Å². The Morgan fingerprint density at radius 1 is 1.26 bits per heavy atom. The molecule has 0 radical (unpaired) electrons. The van der Waals surface area contributed by atoms with Crippen molar-refractivity contribution in [3.8, 4) is 0 Å². The first-order chi connectivity index (χ1) is 9.17. The molecule has 2 fully saturated rings. The van der Waals surface area contributed by atoms with Crippen molar-refractivity contribution in [2.45, 2.75) is 30.7 Å². The van der Waals surface area contributed by atoms with Crippen LogP contribution in [0.15, 0.2) is 24.3 Å². The lowest BCUT2D eigenvalue weighted by molar-refractivity contribution is -0.124. The molecule has 3 rings (SSSR count). The first-order valence-electron chi connectivity index (χ1n) is 6.35. The van der Waals surface area contributed by atoms with E-state index in [9.17, 15) is 14.4 Å². The third-order valence-electron chi connectivity index (χ3n) is 4.13. The van der Waals surface area contributed by atoms with Gasteiger partial charge in [-0.2, -0.15) is 0 Å². The predicted molar refractivity (Wildman–Crippen MR) is 67.8 cm³/mol. The van der Waals surface area contributed by atoms with Crippen LogP contribution in [0.25, 0.3) is 0 Å². The van der Waals surface area contributed by atoms with E-state index in [2.05, 4.69) is 10.6 Å². The normalized spacial score (nSPS) is 29.4. The van der Waals surface area contributed by atoms with E-state index in [0.29, 0.717) is 12.0 Å². The number of nitrogens with one attached hydrogen (secondary N) is 2. The summed E-state index contributed by atoms with van der Waals surface area (Å²) in [6.45, 7) is 0. The van der Waals surface area contributed by atoms with Gasteiger partial charge in [-0.15, -0.1) is 0 Å². The number of carbonyl (C=O) groups is 3. The molecule has 1 unspecified atom stereocenters. The van der Waals surface area contributed by atoms with E-state index in [4.69, 9.17) is 0 Å². The Balaban J connectivity index is 2.07. The Hall–Kier alpha value is -2.17. The molecular formula is C14H14N2O3. The van der Waals surface area contributed by atoms with Crippen LogP contribution >= 0.6 is 0 Å². The topological polar surface area (TPSA) is 75.3 Å². The van der Waals surface area contributed by atoms with Crippen molar-refractivity contribution in [3.05, 3.63) is 35.4 Å². The van der Waals surface area contributed by atoms with Gasteiger partial charge in [-0.1, -0.05) is 24.3 Å². The average molecular weight is 258 g/mol. The molecule has 2 atom stereocenters. The molecule has 5 nitrogen and oxygen atoms in total. The maximum absolute atomic E-state index is 12.1. The minimum atomic E-state index is -0.879. The van der Waals surface area contributed by atoms with E-state index in [-0.39, 0.29) is 11.8 Å². The standard InChI is InChI=1S/C14H14N2O3/c17-8-9-4-1-2-5-10(9)11-6-3-7-14(11)12(18)15-13(19)16-14/h1-2,4-5,8,11H,3,6-7H2,(H2,15,16,18,19)/t11-,14?/m0/s1. The van der Waals surface area contributed by atoms with Gasteiger partial charge in [-0.3, -0.25) is 14.9 Å². The second-order valence-corrected chi connectivity index (χ2v) is 5.07. The number of aldehydes is 1. The van der Waals surface area contributed by atoms with E-state index < -0.39 is 11.6 Å². The monoisotopic (exact) mass is 258 g/mol. The summed E-state index contributed by atoms with van der Waals surface area (Å²) in [5.41, 5.74) is 0.547. The summed E-state index contributed by atoms with van der Waals surface area (Å²) in [5.74, 6) is -0.416. The molecule has 2 N–H and O–H groups in total. The number of urea groups is 1. The van der Waals surface area contributed by atoms with Crippen LogP contribution in [-0.2, 0) is 4.79 Å². The van der Waals surface area contributed by atoms with Crippen LogP contribution in [0.3, 0.4) is 0 Å². The molecule has 98 valence electrons. The fourth-order valence-electron chi connectivity index (χ4n) is 3.29. The molecule has 0 bridgehead atoms. The summed E-state index contributed by atoms with van der Waals surface area (Å²) in [7, 11) is 0. The zero-order chi connectivity index (χ0) is 13.5. The Bertz CT molecular complexity index is 570. The van der Waals surface area contributed by atoms with Crippen molar-refractivity contribution in [2.75, 3.05) is 0 Å². The molecule has 1 aliphatic heterocycles. The van der Waals surface area contributed by atoms with Crippen LogP contribution in [0.2, 0.25) is 0 Å². The Kier molecular flexibility index (Phi) is 2.62. The number of rotatable bonds is 2. The van der Waals surface area contributed by atoms with E-state index in [1.165, 1.54) is 0 Å². The van der Waals surface area contributed by atoms with Gasteiger partial charge in [0.2, 0.25) is 0 Å². The molecule has 3 amide bonds. The number of hydrogen-bond donors (Lipinski definition) is 2. The largest absolute Gasteiger partial charge is 0.323 e. The van der Waals surface area contributed by atoms with Crippen molar-refractivity contribution in [3.63, 3.8) is 0 Å². The third-order valence-corrected chi connectivity index (χ3v) is 4.13. The molecule has 1 saturated heterocycles. The highest BCUT2D eigenvalue weighted by Crippen LogP contribution is 2.45. The van der Waals surface area contributed by atoms with Crippen molar-refractivity contribution >= 4 is 18.2 Å². The highest BCUT2D eigenvalue weighted by atomic mass is 16.2. The van der Waals surface area contributed by atoms with Crippen LogP contribution in [0.1, 0.15) is 41.1 Å². The molecule has 2 aliphatic rings. The lowest BCUT2D eigenvalue weighted by atomic mass is 9.80. The first-order valence-corrected chi connectivity index (χ1v) is 6.35. The fraction of sp³-hybridized carbons (Fsp3) is 0.357.